The number of hydrogen-bond acceptors (Lipinski definition) is 6. The highest BCUT2D eigenvalue weighted by molar-refractivity contribution is 5.91. The van der Waals surface area contributed by atoms with Gasteiger partial charge in [0.15, 0.2) is 0 Å². The normalized spacial score (nSPS) is 18.3. The van der Waals surface area contributed by atoms with Crippen molar-refractivity contribution in [3.63, 3.8) is 0 Å². The molecule has 0 aliphatic carbocycles. The van der Waals surface area contributed by atoms with Gasteiger partial charge in [0.2, 0.25) is 5.91 Å². The van der Waals surface area contributed by atoms with E-state index in [-0.39, 0.29) is 12.0 Å². The van der Waals surface area contributed by atoms with E-state index >= 15 is 0 Å². The molecule has 8 heteroatoms. The summed E-state index contributed by atoms with van der Waals surface area (Å²) in [5, 5.41) is 5.87. The van der Waals surface area contributed by atoms with Crippen LogP contribution >= 0.6 is 0 Å². The Kier molecular flexibility index (Phi) is 8.75. The molecule has 2 N–H and O–H groups in total. The summed E-state index contributed by atoms with van der Waals surface area (Å²) in [5.41, 5.74) is 1.52. The Bertz CT molecular complexity index is 733. The van der Waals surface area contributed by atoms with Crippen molar-refractivity contribution in [2.24, 2.45) is 5.92 Å². The molecule has 178 valence electrons. The molecule has 0 spiro atoms. The lowest BCUT2D eigenvalue weighted by molar-refractivity contribution is -0.116. The summed E-state index contributed by atoms with van der Waals surface area (Å²) in [5.74, 6) is 0.496. The van der Waals surface area contributed by atoms with E-state index in [0.29, 0.717) is 18.9 Å². The van der Waals surface area contributed by atoms with Crippen LogP contribution in [0, 0.1) is 5.92 Å². The van der Waals surface area contributed by atoms with Gasteiger partial charge in [-0.05, 0) is 76.9 Å². The van der Waals surface area contributed by atoms with Gasteiger partial charge in [0.05, 0.1) is 13.2 Å². The average Bonchev–Trinajstić information content (AvgIpc) is 2.77. The molecule has 0 atom stereocenters. The van der Waals surface area contributed by atoms with E-state index in [9.17, 15) is 9.59 Å². The molecule has 2 aliphatic heterocycles. The summed E-state index contributed by atoms with van der Waals surface area (Å²) in [6, 6.07) is 8.03. The van der Waals surface area contributed by atoms with E-state index in [4.69, 9.17) is 9.47 Å². The number of anilines is 2. The lowest BCUT2D eigenvalue weighted by Crippen LogP contribution is -2.40. The van der Waals surface area contributed by atoms with E-state index < -0.39 is 5.60 Å². The Morgan fingerprint density at radius 1 is 1.06 bits per heavy atom. The summed E-state index contributed by atoms with van der Waals surface area (Å²) >= 11 is 0. The van der Waals surface area contributed by atoms with Crippen molar-refractivity contribution in [3.05, 3.63) is 24.3 Å². The first-order valence-electron chi connectivity index (χ1n) is 11.7. The quantitative estimate of drug-likeness (QED) is 0.670. The smallest absolute Gasteiger partial charge is 0.407 e. The maximum atomic E-state index is 12.4. The van der Waals surface area contributed by atoms with Crippen molar-refractivity contribution in [1.82, 2.24) is 10.2 Å². The number of piperidine rings is 1. The lowest BCUT2D eigenvalue weighted by Gasteiger charge is -2.32. The van der Waals surface area contributed by atoms with Crippen LogP contribution in [-0.4, -0.2) is 75.0 Å². The monoisotopic (exact) mass is 446 g/mol. The molecule has 2 aliphatic rings. The van der Waals surface area contributed by atoms with Gasteiger partial charge in [0.25, 0.3) is 0 Å². The summed E-state index contributed by atoms with van der Waals surface area (Å²) in [6.07, 6.45) is 2.15. The Balaban J connectivity index is 1.31. The Hall–Kier alpha value is -2.32. The minimum absolute atomic E-state index is 0.0397. The zero-order valence-electron chi connectivity index (χ0n) is 19.7. The van der Waals surface area contributed by atoms with E-state index in [2.05, 4.69) is 32.6 Å². The SMILES string of the molecule is CC(C)(C)OC(=O)NCC1CCN(CCC(=O)Nc2ccc(N3CCOCC3)cc2)CC1. The second kappa shape index (κ2) is 11.5. The van der Waals surface area contributed by atoms with Gasteiger partial charge >= 0.3 is 6.09 Å². The van der Waals surface area contributed by atoms with Crippen molar-refractivity contribution in [1.29, 1.82) is 0 Å². The number of carbonyl (C=O) groups excluding carboxylic acids is 2. The molecule has 0 radical (unpaired) electrons. The highest BCUT2D eigenvalue weighted by Gasteiger charge is 2.22. The molecule has 2 saturated heterocycles. The number of benzene rings is 1. The van der Waals surface area contributed by atoms with E-state index in [0.717, 1.165) is 70.2 Å². The second-order valence-electron chi connectivity index (χ2n) is 9.61. The molecule has 0 saturated carbocycles. The fourth-order valence-electron chi connectivity index (χ4n) is 4.02. The number of likely N-dealkylation sites (tertiary alicyclic amines) is 1. The first-order chi connectivity index (χ1) is 15.3. The summed E-state index contributed by atoms with van der Waals surface area (Å²) in [7, 11) is 0. The van der Waals surface area contributed by atoms with Crippen molar-refractivity contribution in [3.8, 4) is 0 Å². The van der Waals surface area contributed by atoms with Gasteiger partial charge in [-0.15, -0.1) is 0 Å². The van der Waals surface area contributed by atoms with Crippen molar-refractivity contribution in [2.45, 2.75) is 45.6 Å². The molecule has 1 aromatic rings. The zero-order valence-corrected chi connectivity index (χ0v) is 19.7. The molecule has 2 amide bonds. The van der Waals surface area contributed by atoms with Crippen molar-refractivity contribution >= 4 is 23.4 Å². The van der Waals surface area contributed by atoms with Gasteiger partial charge in [-0.3, -0.25) is 4.79 Å². The number of nitrogens with zero attached hydrogens (tertiary/aromatic N) is 2. The molecule has 0 aromatic heterocycles. The lowest BCUT2D eigenvalue weighted by atomic mass is 9.97. The van der Waals surface area contributed by atoms with Crippen LogP contribution in [0.25, 0.3) is 0 Å². The molecule has 2 fully saturated rings. The van der Waals surface area contributed by atoms with Gasteiger partial charge in [-0.25, -0.2) is 4.79 Å². The van der Waals surface area contributed by atoms with Gasteiger partial charge < -0.3 is 29.9 Å². The van der Waals surface area contributed by atoms with Crippen LogP contribution < -0.4 is 15.5 Å². The van der Waals surface area contributed by atoms with Crippen LogP contribution in [0.15, 0.2) is 24.3 Å². The van der Waals surface area contributed by atoms with Gasteiger partial charge in [-0.2, -0.15) is 0 Å². The van der Waals surface area contributed by atoms with Crippen LogP contribution in [0.4, 0.5) is 16.2 Å². The molecule has 1 aromatic carbocycles. The Morgan fingerprint density at radius 2 is 1.72 bits per heavy atom. The minimum atomic E-state index is -0.473. The molecule has 0 bridgehead atoms. The number of rotatable bonds is 7. The number of nitrogens with one attached hydrogen (secondary N) is 2. The van der Waals surface area contributed by atoms with Gasteiger partial charge in [0, 0.05) is 44.0 Å². The number of carbonyl (C=O) groups is 2. The van der Waals surface area contributed by atoms with Crippen molar-refractivity contribution in [2.75, 3.05) is 62.7 Å². The maximum Gasteiger partial charge on any atom is 0.407 e. The number of amides is 2. The molecule has 8 nitrogen and oxygen atoms in total. The van der Waals surface area contributed by atoms with Crippen molar-refractivity contribution < 1.29 is 19.1 Å². The summed E-state index contributed by atoms with van der Waals surface area (Å²) in [6.45, 7) is 12.2. The van der Waals surface area contributed by atoms with Crippen LogP contribution in [0.1, 0.15) is 40.0 Å². The van der Waals surface area contributed by atoms with Crippen LogP contribution in [0.3, 0.4) is 0 Å². The Labute approximate surface area is 191 Å². The molecule has 2 heterocycles. The predicted molar refractivity (Wildman–Crippen MR) is 126 cm³/mol. The van der Waals surface area contributed by atoms with Crippen LogP contribution in [0.2, 0.25) is 0 Å². The Morgan fingerprint density at radius 3 is 2.34 bits per heavy atom. The third kappa shape index (κ3) is 8.31. The standard InChI is InChI=1S/C24H38N4O4/c1-24(2,3)32-23(30)25-18-19-8-11-27(12-9-19)13-10-22(29)26-20-4-6-21(7-5-20)28-14-16-31-17-15-28/h4-7,19H,8-18H2,1-3H3,(H,25,30)(H,26,29). The third-order valence-corrected chi connectivity index (χ3v) is 5.82. The van der Waals surface area contributed by atoms with Crippen LogP contribution in [0.5, 0.6) is 0 Å². The first kappa shape index (κ1) is 24.3. The van der Waals surface area contributed by atoms with Gasteiger partial charge in [0.1, 0.15) is 5.60 Å². The molecular weight excluding hydrogens is 408 g/mol. The van der Waals surface area contributed by atoms with E-state index in [1.165, 1.54) is 0 Å². The molecular formula is C24H38N4O4. The molecule has 32 heavy (non-hydrogen) atoms. The number of morpholine rings is 1. The topological polar surface area (TPSA) is 83.1 Å². The highest BCUT2D eigenvalue weighted by Crippen LogP contribution is 2.20. The predicted octanol–water partition coefficient (Wildman–Crippen LogP) is 3.09. The zero-order chi connectivity index (χ0) is 23.0. The number of alkyl carbamates (subject to hydrolysis) is 1. The van der Waals surface area contributed by atoms with Crippen LogP contribution in [-0.2, 0) is 14.3 Å². The van der Waals surface area contributed by atoms with E-state index in [1.807, 2.05) is 32.9 Å². The first-order valence-corrected chi connectivity index (χ1v) is 11.7. The highest BCUT2D eigenvalue weighted by atomic mass is 16.6. The third-order valence-electron chi connectivity index (χ3n) is 5.82. The summed E-state index contributed by atoms with van der Waals surface area (Å²) in [4.78, 5) is 28.8. The summed E-state index contributed by atoms with van der Waals surface area (Å²) < 4.78 is 10.7. The molecule has 3 rings (SSSR count). The molecule has 0 unspecified atom stereocenters. The van der Waals surface area contributed by atoms with E-state index in [1.54, 1.807) is 0 Å². The average molecular weight is 447 g/mol. The van der Waals surface area contributed by atoms with Gasteiger partial charge in [-0.1, -0.05) is 0 Å². The second-order valence-corrected chi connectivity index (χ2v) is 9.61. The number of ether oxygens (including phenoxy) is 2. The maximum absolute atomic E-state index is 12.4. The number of hydrogen-bond donors (Lipinski definition) is 2. The fourth-order valence-corrected chi connectivity index (χ4v) is 4.02. The largest absolute Gasteiger partial charge is 0.444 e. The minimum Gasteiger partial charge on any atom is -0.444 e. The fraction of sp³-hybridized carbons (Fsp3) is 0.667.